The summed E-state index contributed by atoms with van der Waals surface area (Å²) in [5.41, 5.74) is 1.26. The van der Waals surface area contributed by atoms with Gasteiger partial charge in [-0.25, -0.2) is 0 Å². The van der Waals surface area contributed by atoms with Crippen molar-refractivity contribution in [3.05, 3.63) is 30.7 Å². The monoisotopic (exact) mass is 177 g/mol. The van der Waals surface area contributed by atoms with Crippen molar-refractivity contribution in [1.82, 2.24) is 0 Å². The smallest absolute Gasteiger partial charge is 0.231 e. The molecule has 2 nitrogen and oxygen atoms in total. The molecular formula is C11H13O2. The number of rotatable bonds is 2. The van der Waals surface area contributed by atoms with E-state index in [0.29, 0.717) is 12.7 Å². The summed E-state index contributed by atoms with van der Waals surface area (Å²) in [5.74, 6) is 2.14. The summed E-state index contributed by atoms with van der Waals surface area (Å²) in [4.78, 5) is 0. The van der Waals surface area contributed by atoms with E-state index in [1.807, 2.05) is 12.1 Å². The van der Waals surface area contributed by atoms with E-state index in [1.165, 1.54) is 5.56 Å². The number of hydrogen-bond acceptors (Lipinski definition) is 2. The maximum Gasteiger partial charge on any atom is 0.231 e. The summed E-state index contributed by atoms with van der Waals surface area (Å²) < 4.78 is 10.5. The van der Waals surface area contributed by atoms with E-state index >= 15 is 0 Å². The van der Waals surface area contributed by atoms with E-state index in [0.717, 1.165) is 17.9 Å². The highest BCUT2D eigenvalue weighted by molar-refractivity contribution is 5.44. The van der Waals surface area contributed by atoms with E-state index < -0.39 is 0 Å². The van der Waals surface area contributed by atoms with Crippen LogP contribution in [0.1, 0.15) is 12.5 Å². The fraction of sp³-hybridized carbons (Fsp3) is 0.364. The number of ether oxygens (including phenoxy) is 2. The van der Waals surface area contributed by atoms with Gasteiger partial charge < -0.3 is 9.47 Å². The third-order valence-corrected chi connectivity index (χ3v) is 2.02. The van der Waals surface area contributed by atoms with Gasteiger partial charge in [0.1, 0.15) is 0 Å². The van der Waals surface area contributed by atoms with E-state index in [4.69, 9.17) is 9.47 Å². The normalized spacial score (nSPS) is 13.8. The van der Waals surface area contributed by atoms with E-state index in [2.05, 4.69) is 19.9 Å². The molecule has 1 aromatic rings. The van der Waals surface area contributed by atoms with E-state index in [-0.39, 0.29) is 0 Å². The third kappa shape index (κ3) is 1.77. The second-order valence-electron chi connectivity index (χ2n) is 3.50. The minimum Gasteiger partial charge on any atom is -0.454 e. The summed E-state index contributed by atoms with van der Waals surface area (Å²) in [6, 6.07) is 6.05. The van der Waals surface area contributed by atoms with Gasteiger partial charge in [-0.2, -0.15) is 0 Å². The number of benzene rings is 1. The average Bonchev–Trinajstić information content (AvgIpc) is 2.49. The Morgan fingerprint density at radius 3 is 2.92 bits per heavy atom. The van der Waals surface area contributed by atoms with Gasteiger partial charge in [-0.3, -0.25) is 0 Å². The Labute approximate surface area is 78.5 Å². The van der Waals surface area contributed by atoms with Crippen LogP contribution >= 0.6 is 0 Å². The van der Waals surface area contributed by atoms with Crippen LogP contribution in [0.3, 0.4) is 0 Å². The lowest BCUT2D eigenvalue weighted by atomic mass is 10.0. The maximum absolute atomic E-state index is 5.28. The van der Waals surface area contributed by atoms with Crippen molar-refractivity contribution in [3.8, 4) is 11.5 Å². The van der Waals surface area contributed by atoms with Gasteiger partial charge in [-0.15, -0.1) is 0 Å². The van der Waals surface area contributed by atoms with Crippen LogP contribution < -0.4 is 9.47 Å². The molecule has 0 bridgehead atoms. The van der Waals surface area contributed by atoms with Crippen molar-refractivity contribution in [2.75, 3.05) is 6.79 Å². The topological polar surface area (TPSA) is 18.5 Å². The van der Waals surface area contributed by atoms with Gasteiger partial charge in [0.05, 0.1) is 0 Å². The molecule has 0 fully saturated rings. The van der Waals surface area contributed by atoms with Gasteiger partial charge in [-0.1, -0.05) is 19.9 Å². The van der Waals surface area contributed by atoms with Gasteiger partial charge in [0.2, 0.25) is 6.79 Å². The molecule has 1 aliphatic rings. The molecule has 0 saturated heterocycles. The molecule has 1 atom stereocenters. The SMILES string of the molecule is [CH2]C(C)Cc1ccc2c(c1)OCO2. The highest BCUT2D eigenvalue weighted by Crippen LogP contribution is 2.32. The zero-order chi connectivity index (χ0) is 9.26. The zero-order valence-electron chi connectivity index (χ0n) is 7.75. The van der Waals surface area contributed by atoms with Gasteiger partial charge >= 0.3 is 0 Å². The standard InChI is InChI=1S/C11H13O2/c1-8(2)5-9-3-4-10-11(6-9)13-7-12-10/h3-4,6,8H,1,5,7H2,2H3. The van der Waals surface area contributed by atoms with Crippen LogP contribution in [0.5, 0.6) is 11.5 Å². The molecule has 0 saturated carbocycles. The largest absolute Gasteiger partial charge is 0.454 e. The first kappa shape index (κ1) is 8.42. The van der Waals surface area contributed by atoms with Crippen molar-refractivity contribution in [2.45, 2.75) is 13.3 Å². The average molecular weight is 177 g/mol. The molecule has 1 aromatic carbocycles. The molecule has 0 N–H and O–H groups in total. The van der Waals surface area contributed by atoms with E-state index in [1.54, 1.807) is 0 Å². The maximum atomic E-state index is 5.28. The lowest BCUT2D eigenvalue weighted by Crippen LogP contribution is -1.94. The molecule has 1 unspecified atom stereocenters. The van der Waals surface area contributed by atoms with Crippen LogP contribution in [0.25, 0.3) is 0 Å². The molecule has 13 heavy (non-hydrogen) atoms. The molecule has 1 heterocycles. The van der Waals surface area contributed by atoms with Crippen molar-refractivity contribution >= 4 is 0 Å². The number of hydrogen-bond donors (Lipinski definition) is 0. The predicted molar refractivity (Wildman–Crippen MR) is 50.8 cm³/mol. The zero-order valence-corrected chi connectivity index (χ0v) is 7.75. The molecular weight excluding hydrogens is 164 g/mol. The van der Waals surface area contributed by atoms with Crippen LogP contribution in [0.15, 0.2) is 18.2 Å². The van der Waals surface area contributed by atoms with Crippen molar-refractivity contribution in [1.29, 1.82) is 0 Å². The van der Waals surface area contributed by atoms with Gasteiger partial charge in [0.15, 0.2) is 11.5 Å². The molecule has 1 aliphatic heterocycles. The number of fused-ring (bicyclic) bond motifs is 1. The molecule has 69 valence electrons. The molecule has 0 aromatic heterocycles. The first-order chi connectivity index (χ1) is 6.25. The Kier molecular flexibility index (Phi) is 2.13. The summed E-state index contributed by atoms with van der Waals surface area (Å²) in [6.07, 6.45) is 0.983. The van der Waals surface area contributed by atoms with Crippen LogP contribution in [-0.2, 0) is 6.42 Å². The molecule has 0 aliphatic carbocycles. The first-order valence-electron chi connectivity index (χ1n) is 4.47. The van der Waals surface area contributed by atoms with E-state index in [9.17, 15) is 0 Å². The molecule has 2 rings (SSSR count). The quantitative estimate of drug-likeness (QED) is 0.690. The lowest BCUT2D eigenvalue weighted by Gasteiger charge is -2.05. The molecule has 2 heteroatoms. The molecule has 0 amide bonds. The van der Waals surface area contributed by atoms with Crippen LogP contribution in [-0.4, -0.2) is 6.79 Å². The Morgan fingerprint density at radius 2 is 2.15 bits per heavy atom. The summed E-state index contributed by atoms with van der Waals surface area (Å²) >= 11 is 0. The van der Waals surface area contributed by atoms with Gasteiger partial charge in [-0.05, 0) is 30.0 Å². The predicted octanol–water partition coefficient (Wildman–Crippen LogP) is 2.43. The fourth-order valence-corrected chi connectivity index (χ4v) is 1.47. The fourth-order valence-electron chi connectivity index (χ4n) is 1.47. The van der Waals surface area contributed by atoms with Crippen molar-refractivity contribution in [2.24, 2.45) is 5.92 Å². The van der Waals surface area contributed by atoms with Crippen molar-refractivity contribution < 1.29 is 9.47 Å². The minimum atomic E-state index is 0.346. The van der Waals surface area contributed by atoms with Gasteiger partial charge in [0, 0.05) is 0 Å². The van der Waals surface area contributed by atoms with Crippen molar-refractivity contribution in [3.63, 3.8) is 0 Å². The second-order valence-corrected chi connectivity index (χ2v) is 3.50. The molecule has 0 spiro atoms. The summed E-state index contributed by atoms with van der Waals surface area (Å²) in [5, 5.41) is 0. The van der Waals surface area contributed by atoms with Crippen LogP contribution in [0.2, 0.25) is 0 Å². The highest BCUT2D eigenvalue weighted by Gasteiger charge is 2.13. The highest BCUT2D eigenvalue weighted by atomic mass is 16.7. The Hall–Kier alpha value is -1.18. The third-order valence-electron chi connectivity index (χ3n) is 2.02. The van der Waals surface area contributed by atoms with Gasteiger partial charge in [0.25, 0.3) is 0 Å². The Bertz CT molecular complexity index is 305. The minimum absolute atomic E-state index is 0.346. The summed E-state index contributed by atoms with van der Waals surface area (Å²) in [7, 11) is 0. The first-order valence-corrected chi connectivity index (χ1v) is 4.47. The molecule has 1 radical (unpaired) electrons. The van der Waals surface area contributed by atoms with Crippen LogP contribution in [0, 0.1) is 12.8 Å². The Morgan fingerprint density at radius 1 is 1.38 bits per heavy atom. The summed E-state index contributed by atoms with van der Waals surface area (Å²) in [6.45, 7) is 6.40. The Balaban J connectivity index is 2.21. The van der Waals surface area contributed by atoms with Crippen LogP contribution in [0.4, 0.5) is 0 Å². The second kappa shape index (κ2) is 3.29. The lowest BCUT2D eigenvalue weighted by molar-refractivity contribution is 0.174.